The molecule has 0 bridgehead atoms. The first-order chi connectivity index (χ1) is 16.5. The van der Waals surface area contributed by atoms with Crippen LogP contribution in [0.2, 0.25) is 0 Å². The zero-order valence-electron chi connectivity index (χ0n) is 19.1. The number of carbonyl (C=O) groups excluding carboxylic acids is 1. The van der Waals surface area contributed by atoms with Gasteiger partial charge in [0.25, 0.3) is 0 Å². The maximum absolute atomic E-state index is 11.5. The van der Waals surface area contributed by atoms with Crippen molar-refractivity contribution in [3.05, 3.63) is 95.6 Å². The fraction of sp³-hybridized carbons (Fsp3) is 0.222. The van der Waals surface area contributed by atoms with Crippen LogP contribution < -0.4 is 10.2 Å². The number of benzene rings is 3. The second-order valence-electron chi connectivity index (χ2n) is 8.21. The second kappa shape index (κ2) is 10.7. The summed E-state index contributed by atoms with van der Waals surface area (Å²) in [6.45, 7) is 5.33. The second-order valence-corrected chi connectivity index (χ2v) is 8.21. The molecule has 7 nitrogen and oxygen atoms in total. The molecule has 7 heteroatoms. The topological polar surface area (TPSA) is 85.2 Å². The number of carboxylic acids is 1. The van der Waals surface area contributed by atoms with E-state index in [4.69, 9.17) is 10.1 Å². The van der Waals surface area contributed by atoms with E-state index in [0.29, 0.717) is 6.54 Å². The van der Waals surface area contributed by atoms with E-state index in [9.17, 15) is 9.59 Å². The highest BCUT2D eigenvalue weighted by molar-refractivity contribution is 5.95. The van der Waals surface area contributed by atoms with E-state index in [1.807, 2.05) is 54.6 Å². The number of guanidine groups is 1. The number of carbonyl (C=O) groups is 2. The van der Waals surface area contributed by atoms with Gasteiger partial charge in [-0.25, -0.2) is 9.79 Å². The molecule has 0 aliphatic carbocycles. The Morgan fingerprint density at radius 3 is 2.06 bits per heavy atom. The lowest BCUT2D eigenvalue weighted by Crippen LogP contribution is -2.50. The van der Waals surface area contributed by atoms with Gasteiger partial charge in [0.05, 0.1) is 12.1 Å². The van der Waals surface area contributed by atoms with Gasteiger partial charge in [-0.1, -0.05) is 30.3 Å². The number of hydrogen-bond acceptors (Lipinski definition) is 4. The smallest absolute Gasteiger partial charge is 0.335 e. The quantitative estimate of drug-likeness (QED) is 0.325. The third-order valence-electron chi connectivity index (χ3n) is 5.86. The molecule has 2 N–H and O–H groups in total. The summed E-state index contributed by atoms with van der Waals surface area (Å²) >= 11 is 0. The monoisotopic (exact) mass is 456 g/mol. The summed E-state index contributed by atoms with van der Waals surface area (Å²) in [6.07, 6.45) is 0. The molecule has 3 aromatic rings. The van der Waals surface area contributed by atoms with E-state index in [-0.39, 0.29) is 11.3 Å². The molecule has 1 aliphatic rings. The normalized spacial score (nSPS) is 14.1. The van der Waals surface area contributed by atoms with Crippen LogP contribution in [0.1, 0.15) is 33.2 Å². The Kier molecular flexibility index (Phi) is 7.22. The molecular weight excluding hydrogens is 428 g/mol. The van der Waals surface area contributed by atoms with Gasteiger partial charge < -0.3 is 20.2 Å². The molecule has 34 heavy (non-hydrogen) atoms. The molecule has 0 saturated carbocycles. The largest absolute Gasteiger partial charge is 0.478 e. The van der Waals surface area contributed by atoms with Crippen LogP contribution in [0.15, 0.2) is 83.9 Å². The average molecular weight is 457 g/mol. The van der Waals surface area contributed by atoms with E-state index in [1.165, 1.54) is 0 Å². The van der Waals surface area contributed by atoms with Crippen molar-refractivity contribution in [3.8, 4) is 0 Å². The highest BCUT2D eigenvalue weighted by Crippen LogP contribution is 2.19. The van der Waals surface area contributed by atoms with Crippen LogP contribution in [0.25, 0.3) is 0 Å². The van der Waals surface area contributed by atoms with Crippen LogP contribution in [-0.4, -0.2) is 53.9 Å². The number of aromatic carboxylic acids is 1. The van der Waals surface area contributed by atoms with E-state index < -0.39 is 5.97 Å². The number of Topliss-reactive ketones (excluding diaryl/α,β-unsaturated/α-hetero) is 1. The lowest BCUT2D eigenvalue weighted by Gasteiger charge is -2.37. The van der Waals surface area contributed by atoms with Crippen molar-refractivity contribution < 1.29 is 14.7 Å². The number of anilines is 2. The first-order valence-electron chi connectivity index (χ1n) is 11.3. The molecule has 0 amide bonds. The molecule has 1 aliphatic heterocycles. The molecule has 0 radical (unpaired) electrons. The third kappa shape index (κ3) is 5.81. The standard InChI is InChI=1S/C27H28N4O3/c1-20(32)22-9-13-25(14-10-22)30-15-17-31(18-16-30)27(28-19-21-5-3-2-4-6-21)29-24-11-7-23(8-12-24)26(33)34/h2-14H,15-19H2,1H3,(H,28,29)(H,33,34). The fourth-order valence-corrected chi connectivity index (χ4v) is 3.88. The van der Waals surface area contributed by atoms with E-state index in [0.717, 1.165) is 54.6 Å². The Labute approximate surface area is 199 Å². The molecule has 1 fully saturated rings. The minimum Gasteiger partial charge on any atom is -0.478 e. The minimum absolute atomic E-state index is 0.0677. The number of hydrogen-bond donors (Lipinski definition) is 2. The maximum atomic E-state index is 11.5. The summed E-state index contributed by atoms with van der Waals surface area (Å²) in [6, 6.07) is 24.5. The van der Waals surface area contributed by atoms with Gasteiger partial charge in [0.15, 0.2) is 11.7 Å². The lowest BCUT2D eigenvalue weighted by molar-refractivity contribution is 0.0696. The van der Waals surface area contributed by atoms with Gasteiger partial charge in [0.2, 0.25) is 0 Å². The Balaban J connectivity index is 1.47. The van der Waals surface area contributed by atoms with Crippen LogP contribution in [0.4, 0.5) is 11.4 Å². The van der Waals surface area contributed by atoms with Crippen LogP contribution in [0.3, 0.4) is 0 Å². The van der Waals surface area contributed by atoms with Crippen molar-refractivity contribution in [1.29, 1.82) is 0 Å². The first-order valence-corrected chi connectivity index (χ1v) is 11.3. The van der Waals surface area contributed by atoms with Gasteiger partial charge in [-0.05, 0) is 61.0 Å². The van der Waals surface area contributed by atoms with Crippen LogP contribution in [0.5, 0.6) is 0 Å². The Morgan fingerprint density at radius 1 is 0.853 bits per heavy atom. The molecule has 1 saturated heterocycles. The average Bonchev–Trinajstić information content (AvgIpc) is 2.87. The Hall–Kier alpha value is -4.13. The van der Waals surface area contributed by atoms with Gasteiger partial charge in [-0.2, -0.15) is 0 Å². The first kappa shape index (κ1) is 23.0. The van der Waals surface area contributed by atoms with Gasteiger partial charge in [-0.15, -0.1) is 0 Å². The molecule has 3 aromatic carbocycles. The fourth-order valence-electron chi connectivity index (χ4n) is 3.88. The number of carboxylic acid groups (broad SMARTS) is 1. The van der Waals surface area contributed by atoms with Crippen molar-refractivity contribution >= 4 is 29.1 Å². The zero-order chi connectivity index (χ0) is 23.9. The van der Waals surface area contributed by atoms with E-state index in [1.54, 1.807) is 31.2 Å². The van der Waals surface area contributed by atoms with Gasteiger partial charge in [0.1, 0.15) is 0 Å². The zero-order valence-corrected chi connectivity index (χ0v) is 19.1. The molecule has 1 heterocycles. The van der Waals surface area contributed by atoms with Crippen molar-refractivity contribution in [2.75, 3.05) is 36.4 Å². The predicted octanol–water partition coefficient (Wildman–Crippen LogP) is 4.38. The highest BCUT2D eigenvalue weighted by Gasteiger charge is 2.20. The molecule has 0 aromatic heterocycles. The van der Waals surface area contributed by atoms with Gasteiger partial charge >= 0.3 is 5.97 Å². The molecule has 0 atom stereocenters. The van der Waals surface area contributed by atoms with E-state index >= 15 is 0 Å². The summed E-state index contributed by atoms with van der Waals surface area (Å²) in [4.78, 5) is 32.1. The summed E-state index contributed by atoms with van der Waals surface area (Å²) in [5.41, 5.74) is 3.98. The molecular formula is C27H28N4O3. The summed E-state index contributed by atoms with van der Waals surface area (Å²) in [5, 5.41) is 12.5. The van der Waals surface area contributed by atoms with Crippen LogP contribution in [0, 0.1) is 0 Å². The summed E-state index contributed by atoms with van der Waals surface area (Å²) < 4.78 is 0. The van der Waals surface area contributed by atoms with Crippen LogP contribution in [-0.2, 0) is 6.54 Å². The van der Waals surface area contributed by atoms with Crippen molar-refractivity contribution in [1.82, 2.24) is 4.90 Å². The predicted molar refractivity (Wildman–Crippen MR) is 135 cm³/mol. The highest BCUT2D eigenvalue weighted by atomic mass is 16.4. The Morgan fingerprint density at radius 2 is 1.47 bits per heavy atom. The number of ketones is 1. The Bertz CT molecular complexity index is 1150. The number of aliphatic imine (C=N–C) groups is 1. The maximum Gasteiger partial charge on any atom is 0.335 e. The van der Waals surface area contributed by atoms with E-state index in [2.05, 4.69) is 15.1 Å². The van der Waals surface area contributed by atoms with Crippen molar-refractivity contribution in [2.24, 2.45) is 4.99 Å². The SMILES string of the molecule is CC(=O)c1ccc(N2CCN(C(=NCc3ccccc3)Nc3ccc(C(=O)O)cc3)CC2)cc1. The summed E-state index contributed by atoms with van der Waals surface area (Å²) in [5.74, 6) is -0.117. The lowest BCUT2D eigenvalue weighted by atomic mass is 10.1. The third-order valence-corrected chi connectivity index (χ3v) is 5.86. The van der Waals surface area contributed by atoms with Crippen LogP contribution >= 0.6 is 0 Å². The number of piperazine rings is 1. The molecule has 0 unspecified atom stereocenters. The number of nitrogens with zero attached hydrogens (tertiary/aromatic N) is 3. The minimum atomic E-state index is -0.947. The van der Waals surface area contributed by atoms with Crippen molar-refractivity contribution in [3.63, 3.8) is 0 Å². The molecule has 4 rings (SSSR count). The molecule has 0 spiro atoms. The number of rotatable bonds is 6. The van der Waals surface area contributed by atoms with Crippen molar-refractivity contribution in [2.45, 2.75) is 13.5 Å². The molecule has 174 valence electrons. The van der Waals surface area contributed by atoms with Gasteiger partial charge in [0, 0.05) is 43.1 Å². The number of nitrogens with one attached hydrogen (secondary N) is 1. The van der Waals surface area contributed by atoms with Gasteiger partial charge in [-0.3, -0.25) is 4.79 Å². The summed E-state index contributed by atoms with van der Waals surface area (Å²) in [7, 11) is 0.